The molecule has 0 amide bonds. The first kappa shape index (κ1) is 16.8. The number of nitrogens with zero attached hydrogens (tertiary/aromatic N) is 2. The molecule has 0 aromatic heterocycles. The van der Waals surface area contributed by atoms with E-state index in [1.54, 1.807) is 0 Å². The molecule has 1 saturated heterocycles. The molecular weight excluding hydrogens is 276 g/mol. The fourth-order valence-electron chi connectivity index (χ4n) is 2.51. The number of morpholine rings is 1. The molecule has 0 radical (unpaired) electrons. The van der Waals surface area contributed by atoms with Crippen molar-refractivity contribution in [3.05, 3.63) is 35.9 Å². The van der Waals surface area contributed by atoms with Gasteiger partial charge in [0.25, 0.3) is 0 Å². The minimum atomic E-state index is 0.558. The Labute approximate surface area is 133 Å². The Morgan fingerprint density at radius 2 is 1.95 bits per heavy atom. The van der Waals surface area contributed by atoms with Gasteiger partial charge in [-0.1, -0.05) is 30.3 Å². The highest BCUT2D eigenvalue weighted by Crippen LogP contribution is 2.00. The van der Waals surface area contributed by atoms with Gasteiger partial charge >= 0.3 is 0 Å². The molecule has 0 atom stereocenters. The molecule has 1 aromatic carbocycles. The van der Waals surface area contributed by atoms with E-state index in [9.17, 15) is 0 Å². The summed E-state index contributed by atoms with van der Waals surface area (Å²) in [5.41, 5.74) is 7.19. The normalized spacial score (nSPS) is 16.6. The third-order valence-corrected chi connectivity index (χ3v) is 3.83. The van der Waals surface area contributed by atoms with Crippen molar-refractivity contribution in [3.63, 3.8) is 0 Å². The Bertz CT molecular complexity index is 430. The van der Waals surface area contributed by atoms with E-state index in [0.29, 0.717) is 5.96 Å². The summed E-state index contributed by atoms with van der Waals surface area (Å²) in [6, 6.07) is 10.4. The summed E-state index contributed by atoms with van der Waals surface area (Å²) in [6.45, 7) is 6.63. The highest BCUT2D eigenvalue weighted by molar-refractivity contribution is 5.77. The number of nitrogens with one attached hydrogen (secondary N) is 1. The van der Waals surface area contributed by atoms with Gasteiger partial charge in [0.15, 0.2) is 5.96 Å². The van der Waals surface area contributed by atoms with Crippen molar-refractivity contribution in [2.75, 3.05) is 45.9 Å². The van der Waals surface area contributed by atoms with Gasteiger partial charge in [0.05, 0.1) is 13.2 Å². The monoisotopic (exact) mass is 304 g/mol. The molecule has 0 unspecified atom stereocenters. The summed E-state index contributed by atoms with van der Waals surface area (Å²) >= 11 is 0. The molecule has 1 aliphatic rings. The number of rotatable bonds is 8. The second kappa shape index (κ2) is 10.2. The summed E-state index contributed by atoms with van der Waals surface area (Å²) in [5.74, 6) is 0.558. The van der Waals surface area contributed by atoms with Crippen LogP contribution >= 0.6 is 0 Å². The van der Waals surface area contributed by atoms with Gasteiger partial charge < -0.3 is 15.8 Å². The molecule has 1 heterocycles. The number of aliphatic imine (C=N–C) groups is 1. The zero-order chi connectivity index (χ0) is 15.5. The van der Waals surface area contributed by atoms with E-state index in [-0.39, 0.29) is 0 Å². The molecule has 1 aromatic rings. The van der Waals surface area contributed by atoms with E-state index in [4.69, 9.17) is 10.5 Å². The number of unbranched alkanes of at least 4 members (excludes halogenated alkanes) is 1. The maximum Gasteiger partial charge on any atom is 0.188 e. The summed E-state index contributed by atoms with van der Waals surface area (Å²) in [4.78, 5) is 6.83. The van der Waals surface area contributed by atoms with Crippen molar-refractivity contribution >= 4 is 5.96 Å². The summed E-state index contributed by atoms with van der Waals surface area (Å²) < 4.78 is 5.34. The molecule has 3 N–H and O–H groups in total. The Morgan fingerprint density at radius 1 is 1.18 bits per heavy atom. The molecule has 1 aliphatic heterocycles. The maximum absolute atomic E-state index is 5.87. The lowest BCUT2D eigenvalue weighted by molar-refractivity contribution is 0.0373. The lowest BCUT2D eigenvalue weighted by Crippen LogP contribution is -2.36. The molecule has 5 nitrogen and oxygen atoms in total. The van der Waals surface area contributed by atoms with Crippen molar-refractivity contribution in [1.29, 1.82) is 0 Å². The van der Waals surface area contributed by atoms with Gasteiger partial charge in [0, 0.05) is 26.2 Å². The third kappa shape index (κ3) is 6.91. The molecule has 0 aliphatic carbocycles. The number of ether oxygens (including phenoxy) is 1. The fraction of sp³-hybridized carbons (Fsp3) is 0.588. The van der Waals surface area contributed by atoms with E-state index in [1.165, 1.54) is 12.0 Å². The minimum Gasteiger partial charge on any atom is -0.379 e. The van der Waals surface area contributed by atoms with Gasteiger partial charge in [-0.3, -0.25) is 9.89 Å². The highest BCUT2D eigenvalue weighted by atomic mass is 16.5. The smallest absolute Gasteiger partial charge is 0.188 e. The van der Waals surface area contributed by atoms with Gasteiger partial charge in [-0.25, -0.2) is 0 Å². The minimum absolute atomic E-state index is 0.558. The van der Waals surface area contributed by atoms with E-state index >= 15 is 0 Å². The first-order valence-corrected chi connectivity index (χ1v) is 8.22. The van der Waals surface area contributed by atoms with E-state index in [1.807, 2.05) is 6.07 Å². The Balaban J connectivity index is 1.50. The Morgan fingerprint density at radius 3 is 2.73 bits per heavy atom. The topological polar surface area (TPSA) is 62.9 Å². The first-order chi connectivity index (χ1) is 10.8. The van der Waals surface area contributed by atoms with Crippen molar-refractivity contribution in [1.82, 2.24) is 10.2 Å². The Hall–Kier alpha value is -1.59. The van der Waals surface area contributed by atoms with Crippen LogP contribution in [-0.4, -0.2) is 56.8 Å². The standard InChI is InChI=1S/C17H28N4O/c18-17(20-10-8-16-6-2-1-3-7-16)19-9-4-5-11-21-12-14-22-15-13-21/h1-3,6-7H,4-5,8-15H2,(H3,18,19,20). The largest absolute Gasteiger partial charge is 0.379 e. The predicted octanol–water partition coefficient (Wildman–Crippen LogP) is 1.25. The van der Waals surface area contributed by atoms with Crippen LogP contribution in [0.1, 0.15) is 18.4 Å². The second-order valence-electron chi connectivity index (χ2n) is 5.59. The molecule has 1 fully saturated rings. The van der Waals surface area contributed by atoms with Crippen LogP contribution in [-0.2, 0) is 11.2 Å². The van der Waals surface area contributed by atoms with Crippen LogP contribution in [0.25, 0.3) is 0 Å². The van der Waals surface area contributed by atoms with Crippen LogP contribution < -0.4 is 11.1 Å². The van der Waals surface area contributed by atoms with Gasteiger partial charge in [-0.05, 0) is 31.4 Å². The van der Waals surface area contributed by atoms with Crippen molar-refractivity contribution in [2.45, 2.75) is 19.3 Å². The summed E-state index contributed by atoms with van der Waals surface area (Å²) in [7, 11) is 0. The van der Waals surface area contributed by atoms with Crippen LogP contribution in [0, 0.1) is 0 Å². The molecule has 0 saturated carbocycles. The van der Waals surface area contributed by atoms with Crippen LogP contribution in [0.2, 0.25) is 0 Å². The van der Waals surface area contributed by atoms with Crippen LogP contribution in [0.3, 0.4) is 0 Å². The van der Waals surface area contributed by atoms with Gasteiger partial charge in [-0.15, -0.1) is 0 Å². The van der Waals surface area contributed by atoms with Gasteiger partial charge in [-0.2, -0.15) is 0 Å². The molecule has 122 valence electrons. The number of guanidine groups is 1. The van der Waals surface area contributed by atoms with E-state index in [2.05, 4.69) is 39.5 Å². The zero-order valence-electron chi connectivity index (χ0n) is 13.3. The quantitative estimate of drug-likeness (QED) is 0.431. The molecule has 0 bridgehead atoms. The average molecular weight is 304 g/mol. The van der Waals surface area contributed by atoms with E-state index < -0.39 is 0 Å². The fourth-order valence-corrected chi connectivity index (χ4v) is 2.51. The van der Waals surface area contributed by atoms with Gasteiger partial charge in [0.1, 0.15) is 0 Å². The van der Waals surface area contributed by atoms with Crippen molar-refractivity contribution < 1.29 is 4.74 Å². The number of benzene rings is 1. The van der Waals surface area contributed by atoms with Crippen LogP contribution in [0.15, 0.2) is 35.3 Å². The number of hydrogen-bond acceptors (Lipinski definition) is 3. The summed E-state index contributed by atoms with van der Waals surface area (Å²) in [6.07, 6.45) is 3.22. The first-order valence-electron chi connectivity index (χ1n) is 8.22. The Kier molecular flexibility index (Phi) is 7.77. The molecule has 5 heteroatoms. The van der Waals surface area contributed by atoms with Gasteiger partial charge in [0.2, 0.25) is 0 Å². The predicted molar refractivity (Wildman–Crippen MR) is 91.1 cm³/mol. The van der Waals surface area contributed by atoms with Crippen LogP contribution in [0.4, 0.5) is 0 Å². The molecule has 0 spiro atoms. The van der Waals surface area contributed by atoms with E-state index in [0.717, 1.165) is 58.8 Å². The van der Waals surface area contributed by atoms with Crippen molar-refractivity contribution in [2.24, 2.45) is 10.7 Å². The van der Waals surface area contributed by atoms with Crippen LogP contribution in [0.5, 0.6) is 0 Å². The molecule has 2 rings (SSSR count). The number of hydrogen-bond donors (Lipinski definition) is 2. The summed E-state index contributed by atoms with van der Waals surface area (Å²) in [5, 5.41) is 3.17. The number of nitrogens with two attached hydrogens (primary N) is 1. The highest BCUT2D eigenvalue weighted by Gasteiger charge is 2.08. The lowest BCUT2D eigenvalue weighted by Gasteiger charge is -2.26. The maximum atomic E-state index is 5.87. The third-order valence-electron chi connectivity index (χ3n) is 3.83. The molecule has 22 heavy (non-hydrogen) atoms. The SMILES string of the molecule is NC(=NCCCCN1CCOCC1)NCCc1ccccc1. The molecular formula is C17H28N4O. The lowest BCUT2D eigenvalue weighted by atomic mass is 10.1. The average Bonchev–Trinajstić information content (AvgIpc) is 2.56. The zero-order valence-corrected chi connectivity index (χ0v) is 13.3. The second-order valence-corrected chi connectivity index (χ2v) is 5.59. The van der Waals surface area contributed by atoms with Crippen molar-refractivity contribution in [3.8, 4) is 0 Å².